The van der Waals surface area contributed by atoms with Gasteiger partial charge in [0.25, 0.3) is 5.91 Å². The zero-order valence-electron chi connectivity index (χ0n) is 11.8. The first kappa shape index (κ1) is 14.6. The van der Waals surface area contributed by atoms with Gasteiger partial charge in [-0.15, -0.1) is 0 Å². The molecule has 0 saturated heterocycles. The predicted molar refractivity (Wildman–Crippen MR) is 80.9 cm³/mol. The maximum atomic E-state index is 11.9. The first-order valence-corrected chi connectivity index (χ1v) is 6.47. The predicted octanol–water partition coefficient (Wildman–Crippen LogP) is 2.60. The van der Waals surface area contributed by atoms with Crippen molar-refractivity contribution in [2.24, 2.45) is 0 Å². The third kappa shape index (κ3) is 3.82. The van der Waals surface area contributed by atoms with E-state index >= 15 is 0 Å². The number of carbonyl (C=O) groups excluding carboxylic acids is 2. The number of rotatable bonds is 4. The molecule has 21 heavy (non-hydrogen) atoms. The molecule has 0 saturated carbocycles. The van der Waals surface area contributed by atoms with E-state index in [1.807, 2.05) is 13.0 Å². The normalized spacial score (nSPS) is 10.6. The Morgan fingerprint density at radius 3 is 2.57 bits per heavy atom. The molecule has 1 aromatic heterocycles. The number of amides is 2. The lowest BCUT2D eigenvalue weighted by Crippen LogP contribution is -2.20. The lowest BCUT2D eigenvalue weighted by molar-refractivity contribution is -0.111. The van der Waals surface area contributed by atoms with Crippen molar-refractivity contribution >= 4 is 23.6 Å². The zero-order chi connectivity index (χ0) is 15.2. The van der Waals surface area contributed by atoms with Crippen LogP contribution in [-0.4, -0.2) is 18.9 Å². The lowest BCUT2D eigenvalue weighted by Gasteiger charge is -2.08. The molecule has 0 fully saturated rings. The highest BCUT2D eigenvalue weighted by Gasteiger charge is 2.10. The molecule has 1 heterocycles. The number of anilines is 1. The number of aryl methyl sites for hydroxylation is 1. The molecule has 1 aromatic carbocycles. The third-order valence-corrected chi connectivity index (χ3v) is 2.82. The van der Waals surface area contributed by atoms with Gasteiger partial charge in [0.15, 0.2) is 0 Å². The second-order valence-electron chi connectivity index (χ2n) is 4.40. The standard InChI is InChI=1S/C16H16N2O3/c1-11-7-8-12(21-11)9-10-15(19)18-14-6-4-3-5-13(14)16(20)17-2/h3-10H,1-2H3,(H,17,20)(H,18,19)/b10-9+. The van der Waals surface area contributed by atoms with Crippen LogP contribution in [0.3, 0.4) is 0 Å². The van der Waals surface area contributed by atoms with Crippen molar-refractivity contribution in [3.05, 3.63) is 59.6 Å². The van der Waals surface area contributed by atoms with Crippen molar-refractivity contribution < 1.29 is 14.0 Å². The lowest BCUT2D eigenvalue weighted by atomic mass is 10.1. The second kappa shape index (κ2) is 6.56. The summed E-state index contributed by atoms with van der Waals surface area (Å²) in [6, 6.07) is 10.4. The number of hydrogen-bond acceptors (Lipinski definition) is 3. The van der Waals surface area contributed by atoms with Crippen molar-refractivity contribution in [2.45, 2.75) is 6.92 Å². The minimum atomic E-state index is -0.333. The quantitative estimate of drug-likeness (QED) is 0.848. The molecule has 2 rings (SSSR count). The van der Waals surface area contributed by atoms with Gasteiger partial charge in [-0.1, -0.05) is 12.1 Å². The summed E-state index contributed by atoms with van der Waals surface area (Å²) in [7, 11) is 1.54. The molecule has 0 aliphatic heterocycles. The summed E-state index contributed by atoms with van der Waals surface area (Å²) < 4.78 is 5.33. The summed E-state index contributed by atoms with van der Waals surface area (Å²) in [6.07, 6.45) is 2.93. The molecule has 2 N–H and O–H groups in total. The van der Waals surface area contributed by atoms with Crippen LogP contribution in [0.4, 0.5) is 5.69 Å². The number of benzene rings is 1. The van der Waals surface area contributed by atoms with E-state index in [4.69, 9.17) is 4.42 Å². The van der Waals surface area contributed by atoms with E-state index in [1.54, 1.807) is 43.5 Å². The van der Waals surface area contributed by atoms with E-state index in [0.717, 1.165) is 5.76 Å². The van der Waals surface area contributed by atoms with Gasteiger partial charge in [-0.25, -0.2) is 0 Å². The number of para-hydroxylation sites is 1. The van der Waals surface area contributed by atoms with Crippen LogP contribution >= 0.6 is 0 Å². The topological polar surface area (TPSA) is 71.3 Å². The van der Waals surface area contributed by atoms with Crippen LogP contribution in [0.1, 0.15) is 21.9 Å². The van der Waals surface area contributed by atoms with Gasteiger partial charge in [0.2, 0.25) is 5.91 Å². The summed E-state index contributed by atoms with van der Waals surface area (Å²) in [5.41, 5.74) is 0.873. The number of carbonyl (C=O) groups is 2. The van der Waals surface area contributed by atoms with Crippen LogP contribution < -0.4 is 10.6 Å². The van der Waals surface area contributed by atoms with Gasteiger partial charge < -0.3 is 15.1 Å². The number of hydrogen-bond donors (Lipinski definition) is 2. The summed E-state index contributed by atoms with van der Waals surface area (Å²) in [6.45, 7) is 1.83. The number of nitrogens with one attached hydrogen (secondary N) is 2. The van der Waals surface area contributed by atoms with E-state index in [9.17, 15) is 9.59 Å². The first-order chi connectivity index (χ1) is 10.1. The summed E-state index contributed by atoms with van der Waals surface area (Å²) in [4.78, 5) is 23.6. The van der Waals surface area contributed by atoms with E-state index < -0.39 is 0 Å². The van der Waals surface area contributed by atoms with Crippen molar-refractivity contribution in [3.63, 3.8) is 0 Å². The molecule has 0 spiro atoms. The highest BCUT2D eigenvalue weighted by Crippen LogP contribution is 2.15. The van der Waals surface area contributed by atoms with Gasteiger partial charge in [0.05, 0.1) is 11.3 Å². The Bertz CT molecular complexity index is 686. The van der Waals surface area contributed by atoms with Crippen molar-refractivity contribution in [3.8, 4) is 0 Å². The minimum Gasteiger partial charge on any atom is -0.462 e. The summed E-state index contributed by atoms with van der Waals surface area (Å²) in [5, 5.41) is 5.21. The highest BCUT2D eigenvalue weighted by atomic mass is 16.3. The van der Waals surface area contributed by atoms with Gasteiger partial charge in [-0.05, 0) is 37.3 Å². The Kier molecular flexibility index (Phi) is 4.56. The molecule has 5 heteroatoms. The Labute approximate surface area is 122 Å². The Morgan fingerprint density at radius 1 is 1.14 bits per heavy atom. The fourth-order valence-electron chi connectivity index (χ4n) is 1.80. The molecule has 108 valence electrons. The van der Waals surface area contributed by atoms with Crippen LogP contribution in [0.2, 0.25) is 0 Å². The average molecular weight is 284 g/mol. The fraction of sp³-hybridized carbons (Fsp3) is 0.125. The average Bonchev–Trinajstić information content (AvgIpc) is 2.90. The minimum absolute atomic E-state index is 0.253. The monoisotopic (exact) mass is 284 g/mol. The van der Waals surface area contributed by atoms with Crippen molar-refractivity contribution in [2.75, 3.05) is 12.4 Å². The molecule has 5 nitrogen and oxygen atoms in total. The highest BCUT2D eigenvalue weighted by molar-refractivity contribution is 6.07. The molecule has 0 atom stereocenters. The van der Waals surface area contributed by atoms with Crippen LogP contribution in [0.25, 0.3) is 6.08 Å². The van der Waals surface area contributed by atoms with Gasteiger partial charge in [0, 0.05) is 13.1 Å². The van der Waals surface area contributed by atoms with Crippen molar-refractivity contribution in [1.82, 2.24) is 5.32 Å². The van der Waals surface area contributed by atoms with Gasteiger partial charge in [-0.3, -0.25) is 9.59 Å². The van der Waals surface area contributed by atoms with E-state index in [1.165, 1.54) is 6.08 Å². The number of furan rings is 1. The van der Waals surface area contributed by atoms with Gasteiger partial charge in [-0.2, -0.15) is 0 Å². The molecular formula is C16H16N2O3. The second-order valence-corrected chi connectivity index (χ2v) is 4.40. The Morgan fingerprint density at radius 2 is 1.90 bits per heavy atom. The molecule has 0 unspecified atom stereocenters. The third-order valence-electron chi connectivity index (χ3n) is 2.82. The van der Waals surface area contributed by atoms with E-state index in [0.29, 0.717) is 17.0 Å². The van der Waals surface area contributed by atoms with Crippen LogP contribution in [0, 0.1) is 6.92 Å². The van der Waals surface area contributed by atoms with Crippen LogP contribution in [-0.2, 0) is 4.79 Å². The summed E-state index contributed by atoms with van der Waals surface area (Å²) >= 11 is 0. The zero-order valence-corrected chi connectivity index (χ0v) is 11.8. The summed E-state index contributed by atoms with van der Waals surface area (Å²) in [5.74, 6) is 0.791. The first-order valence-electron chi connectivity index (χ1n) is 6.47. The molecule has 0 aliphatic carbocycles. The molecular weight excluding hydrogens is 268 g/mol. The van der Waals surface area contributed by atoms with Gasteiger partial charge in [0.1, 0.15) is 11.5 Å². The molecule has 0 bridgehead atoms. The SMILES string of the molecule is CNC(=O)c1ccccc1NC(=O)/C=C/c1ccc(C)o1. The van der Waals surface area contributed by atoms with Crippen LogP contribution in [0.5, 0.6) is 0 Å². The molecule has 2 aromatic rings. The van der Waals surface area contributed by atoms with Gasteiger partial charge >= 0.3 is 0 Å². The van der Waals surface area contributed by atoms with E-state index in [2.05, 4.69) is 10.6 Å². The maximum absolute atomic E-state index is 11.9. The van der Waals surface area contributed by atoms with Crippen molar-refractivity contribution in [1.29, 1.82) is 0 Å². The molecule has 2 amide bonds. The van der Waals surface area contributed by atoms with E-state index in [-0.39, 0.29) is 11.8 Å². The maximum Gasteiger partial charge on any atom is 0.253 e. The molecule has 0 aliphatic rings. The van der Waals surface area contributed by atoms with Crippen LogP contribution in [0.15, 0.2) is 46.9 Å². The smallest absolute Gasteiger partial charge is 0.253 e. The fourth-order valence-corrected chi connectivity index (χ4v) is 1.80. The Balaban J connectivity index is 2.09. The Hall–Kier alpha value is -2.82. The largest absolute Gasteiger partial charge is 0.462 e. The molecule has 0 radical (unpaired) electrons.